The molecule has 0 saturated carbocycles. The van der Waals surface area contributed by atoms with Crippen molar-refractivity contribution in [1.82, 2.24) is 14.7 Å². The van der Waals surface area contributed by atoms with Gasteiger partial charge in [-0.05, 0) is 57.8 Å². The van der Waals surface area contributed by atoms with Crippen molar-refractivity contribution < 1.29 is 22.4 Å². The van der Waals surface area contributed by atoms with Crippen LogP contribution >= 0.6 is 0 Å². The second-order valence-electron chi connectivity index (χ2n) is 8.95. The van der Waals surface area contributed by atoms with Crippen molar-refractivity contribution >= 4 is 23.0 Å². The Morgan fingerprint density at radius 3 is 2.43 bits per heavy atom. The van der Waals surface area contributed by atoms with Crippen molar-refractivity contribution in [1.29, 1.82) is 0 Å². The first-order chi connectivity index (χ1) is 17.2. The molecular formula is C25H29F4N7O. The minimum absolute atomic E-state index is 0.0837. The van der Waals surface area contributed by atoms with Gasteiger partial charge in [-0.25, -0.2) is 10.2 Å². The Morgan fingerprint density at radius 1 is 1.19 bits per heavy atom. The lowest BCUT2D eigenvalue weighted by Gasteiger charge is -2.19. The van der Waals surface area contributed by atoms with E-state index < -0.39 is 23.5 Å². The van der Waals surface area contributed by atoms with Crippen LogP contribution in [0.25, 0.3) is 5.70 Å². The van der Waals surface area contributed by atoms with Gasteiger partial charge >= 0.3 is 6.18 Å². The molecule has 2 aromatic carbocycles. The lowest BCUT2D eigenvalue weighted by Crippen LogP contribution is -2.27. The Balaban J connectivity index is 1.92. The molecule has 3 aromatic rings. The third kappa shape index (κ3) is 6.27. The first-order valence-corrected chi connectivity index (χ1v) is 11.2. The molecule has 0 radical (unpaired) electrons. The predicted octanol–water partition coefficient (Wildman–Crippen LogP) is 4.15. The normalized spacial score (nSPS) is 12.2. The van der Waals surface area contributed by atoms with Crippen LogP contribution in [0.1, 0.15) is 38.3 Å². The molecule has 0 aliphatic carbocycles. The average Bonchev–Trinajstić information content (AvgIpc) is 3.13. The molecule has 37 heavy (non-hydrogen) atoms. The highest BCUT2D eigenvalue weighted by atomic mass is 19.4. The Bertz CT molecular complexity index is 1350. The van der Waals surface area contributed by atoms with Gasteiger partial charge < -0.3 is 16.0 Å². The van der Waals surface area contributed by atoms with Crippen LogP contribution in [0.3, 0.4) is 0 Å². The standard InChI is InChI=1S/C25H29F4N7O/c1-14-6-7-16(9-22(14)36(31)13-21(30)19-11-32-35(5)15(19)2)24(37)33-18-8-17(12-34(3)4)23(26)20(10-18)25(27,28)29/h6-11,13H,12,30-31H2,1-5H3,(H,33,37)/b21-13-. The topological polar surface area (TPSA) is 105 Å². The maximum atomic E-state index is 14.5. The zero-order chi connectivity index (χ0) is 27.7. The molecule has 0 bridgehead atoms. The highest BCUT2D eigenvalue weighted by molar-refractivity contribution is 6.05. The summed E-state index contributed by atoms with van der Waals surface area (Å²) < 4.78 is 56.5. The average molecular weight is 520 g/mol. The minimum atomic E-state index is -4.93. The van der Waals surface area contributed by atoms with E-state index in [4.69, 9.17) is 11.6 Å². The number of carbonyl (C=O) groups excluding carboxylic acids is 1. The molecule has 0 aliphatic rings. The Labute approximate surface area is 212 Å². The zero-order valence-corrected chi connectivity index (χ0v) is 21.1. The number of hydrazine groups is 1. The van der Waals surface area contributed by atoms with Crippen molar-refractivity contribution in [3.8, 4) is 0 Å². The molecule has 0 unspecified atom stereocenters. The van der Waals surface area contributed by atoms with Gasteiger partial charge in [-0.15, -0.1) is 0 Å². The minimum Gasteiger partial charge on any atom is -0.397 e. The van der Waals surface area contributed by atoms with Gasteiger partial charge in [0.05, 0.1) is 23.1 Å². The largest absolute Gasteiger partial charge is 0.419 e. The predicted molar refractivity (Wildman–Crippen MR) is 135 cm³/mol. The van der Waals surface area contributed by atoms with E-state index in [9.17, 15) is 22.4 Å². The number of nitrogens with zero attached hydrogens (tertiary/aromatic N) is 4. The molecule has 1 amide bonds. The second-order valence-corrected chi connectivity index (χ2v) is 8.95. The van der Waals surface area contributed by atoms with Crippen molar-refractivity contribution in [2.24, 2.45) is 18.6 Å². The lowest BCUT2D eigenvalue weighted by molar-refractivity contribution is -0.140. The van der Waals surface area contributed by atoms with Crippen LogP contribution in [0.2, 0.25) is 0 Å². The second kappa shape index (κ2) is 10.6. The summed E-state index contributed by atoms with van der Waals surface area (Å²) >= 11 is 0. The number of anilines is 2. The monoisotopic (exact) mass is 519 g/mol. The number of amides is 1. The van der Waals surface area contributed by atoms with E-state index in [-0.39, 0.29) is 23.4 Å². The number of hydrogen-bond donors (Lipinski definition) is 3. The molecule has 0 fully saturated rings. The van der Waals surface area contributed by atoms with Crippen LogP contribution in [-0.2, 0) is 19.8 Å². The molecule has 8 nitrogen and oxygen atoms in total. The van der Waals surface area contributed by atoms with Crippen LogP contribution in [0.4, 0.5) is 28.9 Å². The van der Waals surface area contributed by atoms with E-state index in [1.165, 1.54) is 34.3 Å². The summed E-state index contributed by atoms with van der Waals surface area (Å²) in [5.41, 5.74) is 7.53. The lowest BCUT2D eigenvalue weighted by atomic mass is 10.1. The fourth-order valence-corrected chi connectivity index (χ4v) is 3.72. The summed E-state index contributed by atoms with van der Waals surface area (Å²) in [6, 6.07) is 6.41. The number of carbonyl (C=O) groups is 1. The summed E-state index contributed by atoms with van der Waals surface area (Å²) in [4.78, 5) is 14.5. The van der Waals surface area contributed by atoms with E-state index in [1.807, 2.05) is 6.92 Å². The quantitative estimate of drug-likeness (QED) is 0.246. The van der Waals surface area contributed by atoms with Gasteiger partial charge in [-0.1, -0.05) is 6.07 Å². The molecule has 5 N–H and O–H groups in total. The van der Waals surface area contributed by atoms with Crippen molar-refractivity contribution in [2.45, 2.75) is 26.6 Å². The van der Waals surface area contributed by atoms with Gasteiger partial charge in [0.1, 0.15) is 5.82 Å². The molecule has 1 heterocycles. The van der Waals surface area contributed by atoms with Gasteiger partial charge in [0.2, 0.25) is 0 Å². The third-order valence-electron chi connectivity index (χ3n) is 5.77. The molecule has 0 atom stereocenters. The van der Waals surface area contributed by atoms with E-state index in [2.05, 4.69) is 10.4 Å². The molecule has 0 saturated heterocycles. The van der Waals surface area contributed by atoms with Crippen LogP contribution in [0.5, 0.6) is 0 Å². The number of nitrogens with one attached hydrogen (secondary N) is 1. The number of benzene rings is 2. The molecule has 0 aliphatic heterocycles. The number of nitrogens with two attached hydrogens (primary N) is 2. The van der Waals surface area contributed by atoms with Crippen molar-refractivity contribution in [2.75, 3.05) is 24.4 Å². The Kier molecular flexibility index (Phi) is 7.94. The van der Waals surface area contributed by atoms with E-state index in [0.29, 0.717) is 23.0 Å². The number of aryl methyl sites for hydroxylation is 2. The fraction of sp³-hybridized carbons (Fsp3) is 0.280. The Morgan fingerprint density at radius 2 is 1.86 bits per heavy atom. The molecular weight excluding hydrogens is 490 g/mol. The first-order valence-electron chi connectivity index (χ1n) is 11.2. The van der Waals surface area contributed by atoms with Gasteiger partial charge in [-0.3, -0.25) is 14.5 Å². The number of aromatic nitrogens is 2. The van der Waals surface area contributed by atoms with Crippen LogP contribution in [0.15, 0.2) is 42.7 Å². The molecule has 1 aromatic heterocycles. The van der Waals surface area contributed by atoms with Crippen molar-refractivity contribution in [3.63, 3.8) is 0 Å². The molecule has 198 valence electrons. The highest BCUT2D eigenvalue weighted by Gasteiger charge is 2.36. The third-order valence-corrected chi connectivity index (χ3v) is 5.77. The maximum Gasteiger partial charge on any atom is 0.419 e. The van der Waals surface area contributed by atoms with Crippen molar-refractivity contribution in [3.05, 3.63) is 82.1 Å². The van der Waals surface area contributed by atoms with E-state index >= 15 is 0 Å². The van der Waals surface area contributed by atoms with Gasteiger partial charge in [0.25, 0.3) is 5.91 Å². The molecule has 12 heteroatoms. The summed E-state index contributed by atoms with van der Waals surface area (Å²) in [5.74, 6) is 4.15. The summed E-state index contributed by atoms with van der Waals surface area (Å²) in [6.45, 7) is 3.54. The zero-order valence-electron chi connectivity index (χ0n) is 21.1. The first kappa shape index (κ1) is 27.7. The highest BCUT2D eigenvalue weighted by Crippen LogP contribution is 2.35. The summed E-state index contributed by atoms with van der Waals surface area (Å²) in [7, 11) is 4.98. The fourth-order valence-electron chi connectivity index (χ4n) is 3.72. The Hall–Kier alpha value is -3.90. The number of halogens is 4. The van der Waals surface area contributed by atoms with Gasteiger partial charge in [0, 0.05) is 47.9 Å². The summed E-state index contributed by atoms with van der Waals surface area (Å²) in [5, 5.41) is 7.84. The van der Waals surface area contributed by atoms with Crippen LogP contribution in [0, 0.1) is 19.7 Å². The van der Waals surface area contributed by atoms with E-state index in [1.54, 1.807) is 45.0 Å². The number of hydrogen-bond acceptors (Lipinski definition) is 6. The van der Waals surface area contributed by atoms with Gasteiger partial charge in [-0.2, -0.15) is 18.3 Å². The maximum absolute atomic E-state index is 14.5. The van der Waals surface area contributed by atoms with Crippen LogP contribution < -0.4 is 21.9 Å². The van der Waals surface area contributed by atoms with E-state index in [0.717, 1.165) is 11.3 Å². The molecule has 0 spiro atoms. The van der Waals surface area contributed by atoms with Crippen LogP contribution in [-0.4, -0.2) is 34.7 Å². The molecule has 3 rings (SSSR count). The number of rotatable bonds is 7. The van der Waals surface area contributed by atoms with Gasteiger partial charge in [0.15, 0.2) is 0 Å². The SMILES string of the molecule is Cc1ccc(C(=O)Nc2cc(CN(C)C)c(F)c(C(F)(F)F)c2)cc1N(N)/C=C(\N)c1cnn(C)c1C. The number of alkyl halides is 3. The summed E-state index contributed by atoms with van der Waals surface area (Å²) in [6.07, 6.45) is -1.84. The smallest absolute Gasteiger partial charge is 0.397 e.